The average Bonchev–Trinajstić information content (AvgIpc) is 2.43. The van der Waals surface area contributed by atoms with Gasteiger partial charge in [0.2, 0.25) is 0 Å². The maximum Gasteiger partial charge on any atom is 0.142 e. The van der Waals surface area contributed by atoms with Gasteiger partial charge < -0.3 is 5.32 Å². The Morgan fingerprint density at radius 1 is 1.10 bits per heavy atom. The summed E-state index contributed by atoms with van der Waals surface area (Å²) in [5, 5.41) is 4.31. The van der Waals surface area contributed by atoms with Crippen LogP contribution in [0.4, 0.5) is 4.39 Å². The predicted molar refractivity (Wildman–Crippen MR) is 83.4 cm³/mol. The van der Waals surface area contributed by atoms with Crippen molar-refractivity contribution in [2.75, 3.05) is 7.05 Å². The third-order valence-corrected chi connectivity index (χ3v) is 4.27. The molecule has 2 aromatic carbocycles. The minimum absolute atomic E-state index is 0.0539. The molecular formula is C15H13Cl3FN. The highest BCUT2D eigenvalue weighted by molar-refractivity contribution is 6.42. The molecule has 20 heavy (non-hydrogen) atoms. The zero-order valence-corrected chi connectivity index (χ0v) is 13.0. The molecule has 0 aromatic heterocycles. The van der Waals surface area contributed by atoms with Crippen molar-refractivity contribution < 1.29 is 4.39 Å². The first-order chi connectivity index (χ1) is 9.52. The molecule has 1 nitrogen and oxygen atoms in total. The van der Waals surface area contributed by atoms with Crippen LogP contribution < -0.4 is 5.32 Å². The molecule has 2 aromatic rings. The minimum Gasteiger partial charge on any atom is -0.313 e. The van der Waals surface area contributed by atoms with Crippen LogP contribution >= 0.6 is 34.8 Å². The van der Waals surface area contributed by atoms with Crippen molar-refractivity contribution in [2.24, 2.45) is 0 Å². The van der Waals surface area contributed by atoms with Crippen LogP contribution in [0.5, 0.6) is 0 Å². The predicted octanol–water partition coefficient (Wildman–Crippen LogP) is 5.29. The normalized spacial score (nSPS) is 12.4. The van der Waals surface area contributed by atoms with Crippen LogP contribution in [-0.4, -0.2) is 7.05 Å². The van der Waals surface area contributed by atoms with Crippen LogP contribution in [0, 0.1) is 5.82 Å². The Kier molecular flexibility index (Phi) is 5.28. The fourth-order valence-electron chi connectivity index (χ4n) is 2.06. The molecule has 1 atom stereocenters. The van der Waals surface area contributed by atoms with Crippen molar-refractivity contribution >= 4 is 34.8 Å². The van der Waals surface area contributed by atoms with Gasteiger partial charge in [0.25, 0.3) is 0 Å². The zero-order chi connectivity index (χ0) is 14.7. The van der Waals surface area contributed by atoms with Gasteiger partial charge in [0.15, 0.2) is 0 Å². The van der Waals surface area contributed by atoms with Gasteiger partial charge in [0.1, 0.15) is 5.82 Å². The van der Waals surface area contributed by atoms with Crippen molar-refractivity contribution in [2.45, 2.75) is 12.5 Å². The number of hydrogen-bond donors (Lipinski definition) is 1. The number of halogens is 4. The fraction of sp³-hybridized carbons (Fsp3) is 0.200. The molecule has 0 aliphatic heterocycles. The second kappa shape index (κ2) is 6.77. The first kappa shape index (κ1) is 15.6. The lowest BCUT2D eigenvalue weighted by atomic mass is 9.99. The third kappa shape index (κ3) is 3.44. The van der Waals surface area contributed by atoms with E-state index in [0.717, 1.165) is 11.1 Å². The number of benzene rings is 2. The molecule has 0 fully saturated rings. The highest BCUT2D eigenvalue weighted by atomic mass is 35.5. The summed E-state index contributed by atoms with van der Waals surface area (Å²) in [4.78, 5) is 0. The summed E-state index contributed by atoms with van der Waals surface area (Å²) < 4.78 is 13.5. The number of nitrogens with one attached hydrogen (secondary N) is 1. The lowest BCUT2D eigenvalue weighted by molar-refractivity contribution is 0.584. The lowest BCUT2D eigenvalue weighted by Crippen LogP contribution is -2.19. The van der Waals surface area contributed by atoms with Gasteiger partial charge in [-0.2, -0.15) is 0 Å². The Bertz CT molecular complexity index is 616. The van der Waals surface area contributed by atoms with Crippen LogP contribution in [0.1, 0.15) is 17.2 Å². The molecule has 1 N–H and O–H groups in total. The molecule has 0 spiro atoms. The van der Waals surface area contributed by atoms with Crippen molar-refractivity contribution in [3.63, 3.8) is 0 Å². The fourth-order valence-corrected chi connectivity index (χ4v) is 2.62. The lowest BCUT2D eigenvalue weighted by Gasteiger charge is -2.19. The molecule has 0 saturated carbocycles. The van der Waals surface area contributed by atoms with Gasteiger partial charge in [-0.15, -0.1) is 0 Å². The molecule has 0 saturated heterocycles. The summed E-state index contributed by atoms with van der Waals surface area (Å²) in [6, 6.07) is 10.2. The van der Waals surface area contributed by atoms with Crippen LogP contribution in [0.15, 0.2) is 36.4 Å². The van der Waals surface area contributed by atoms with Gasteiger partial charge >= 0.3 is 0 Å². The number of rotatable bonds is 4. The minimum atomic E-state index is -0.420. The summed E-state index contributed by atoms with van der Waals surface area (Å²) in [5.74, 6) is -0.420. The standard InChI is InChI=1S/C15H13Cl3FN/c1-20-14(10-3-2-4-12(17)15(10)18)8-9-5-6-11(16)13(19)7-9/h2-7,14,20H,8H2,1H3. The Morgan fingerprint density at radius 3 is 2.50 bits per heavy atom. The van der Waals surface area contributed by atoms with E-state index in [9.17, 15) is 4.39 Å². The Labute approximate surface area is 132 Å². The van der Waals surface area contributed by atoms with Gasteiger partial charge in [-0.25, -0.2) is 4.39 Å². The molecule has 0 amide bonds. The van der Waals surface area contributed by atoms with Crippen molar-refractivity contribution in [1.82, 2.24) is 5.32 Å². The second-order valence-corrected chi connectivity index (χ2v) is 5.63. The van der Waals surface area contributed by atoms with E-state index in [0.29, 0.717) is 16.5 Å². The molecule has 0 heterocycles. The van der Waals surface area contributed by atoms with E-state index < -0.39 is 5.82 Å². The van der Waals surface area contributed by atoms with E-state index >= 15 is 0 Å². The largest absolute Gasteiger partial charge is 0.313 e. The van der Waals surface area contributed by atoms with E-state index in [-0.39, 0.29) is 11.1 Å². The van der Waals surface area contributed by atoms with Gasteiger partial charge in [-0.05, 0) is 42.8 Å². The van der Waals surface area contributed by atoms with Crippen LogP contribution in [0.2, 0.25) is 15.1 Å². The molecule has 0 bridgehead atoms. The van der Waals surface area contributed by atoms with Gasteiger partial charge in [0.05, 0.1) is 15.1 Å². The highest BCUT2D eigenvalue weighted by Crippen LogP contribution is 2.31. The summed E-state index contributed by atoms with van der Waals surface area (Å²) in [7, 11) is 1.83. The summed E-state index contributed by atoms with van der Waals surface area (Å²) >= 11 is 17.9. The van der Waals surface area contributed by atoms with E-state index in [4.69, 9.17) is 34.8 Å². The highest BCUT2D eigenvalue weighted by Gasteiger charge is 2.16. The van der Waals surface area contributed by atoms with Gasteiger partial charge in [-0.1, -0.05) is 53.0 Å². The van der Waals surface area contributed by atoms with Crippen LogP contribution in [-0.2, 0) is 6.42 Å². The third-order valence-electron chi connectivity index (χ3n) is 3.13. The monoisotopic (exact) mass is 331 g/mol. The summed E-state index contributed by atoms with van der Waals surface area (Å²) in [5.41, 5.74) is 1.72. The van der Waals surface area contributed by atoms with E-state index in [1.165, 1.54) is 6.07 Å². The zero-order valence-electron chi connectivity index (χ0n) is 10.8. The number of likely N-dealkylation sites (N-methyl/N-ethyl adjacent to an activating group) is 1. The Hall–Kier alpha value is -0.800. The van der Waals surface area contributed by atoms with Gasteiger partial charge in [0, 0.05) is 6.04 Å². The SMILES string of the molecule is CNC(Cc1ccc(Cl)c(F)c1)c1cccc(Cl)c1Cl. The first-order valence-electron chi connectivity index (χ1n) is 6.08. The molecule has 0 aliphatic carbocycles. The summed E-state index contributed by atoms with van der Waals surface area (Å²) in [6.45, 7) is 0. The van der Waals surface area contributed by atoms with Gasteiger partial charge in [-0.3, -0.25) is 0 Å². The van der Waals surface area contributed by atoms with E-state index in [2.05, 4.69) is 5.32 Å². The quantitative estimate of drug-likeness (QED) is 0.802. The van der Waals surface area contributed by atoms with Crippen LogP contribution in [0.3, 0.4) is 0 Å². The smallest absolute Gasteiger partial charge is 0.142 e. The molecule has 0 radical (unpaired) electrons. The molecular weight excluding hydrogens is 320 g/mol. The van der Waals surface area contributed by atoms with E-state index in [1.807, 2.05) is 19.2 Å². The molecule has 0 aliphatic rings. The molecule has 2 rings (SSSR count). The maximum atomic E-state index is 13.5. The molecule has 106 valence electrons. The topological polar surface area (TPSA) is 12.0 Å². The van der Waals surface area contributed by atoms with Crippen molar-refractivity contribution in [3.05, 3.63) is 68.4 Å². The van der Waals surface area contributed by atoms with Crippen molar-refractivity contribution in [1.29, 1.82) is 0 Å². The van der Waals surface area contributed by atoms with Crippen molar-refractivity contribution in [3.8, 4) is 0 Å². The average molecular weight is 333 g/mol. The second-order valence-electron chi connectivity index (χ2n) is 4.44. The Morgan fingerprint density at radius 2 is 1.85 bits per heavy atom. The number of hydrogen-bond acceptors (Lipinski definition) is 1. The van der Waals surface area contributed by atoms with Crippen LogP contribution in [0.25, 0.3) is 0 Å². The first-order valence-corrected chi connectivity index (χ1v) is 7.21. The Balaban J connectivity index is 2.28. The molecule has 1 unspecified atom stereocenters. The van der Waals surface area contributed by atoms with E-state index in [1.54, 1.807) is 18.2 Å². The summed E-state index contributed by atoms with van der Waals surface area (Å²) in [6.07, 6.45) is 0.588. The molecule has 5 heteroatoms. The maximum absolute atomic E-state index is 13.5.